The van der Waals surface area contributed by atoms with Crippen LogP contribution in [-0.4, -0.2) is 23.8 Å². The zero-order valence-electron chi connectivity index (χ0n) is 12.1. The van der Waals surface area contributed by atoms with Crippen LogP contribution in [0.5, 0.6) is 0 Å². The molecule has 1 unspecified atom stereocenters. The molecule has 1 aromatic rings. The highest BCUT2D eigenvalue weighted by Gasteiger charge is 2.05. The molecule has 108 valence electrons. The summed E-state index contributed by atoms with van der Waals surface area (Å²) in [7, 11) is 0. The number of hydrogen-bond acceptors (Lipinski definition) is 3. The van der Waals surface area contributed by atoms with Crippen LogP contribution in [0.3, 0.4) is 0 Å². The molecule has 0 fully saturated rings. The lowest BCUT2D eigenvalue weighted by Gasteiger charge is -2.07. The van der Waals surface area contributed by atoms with Crippen LogP contribution in [0.2, 0.25) is 0 Å². The zero-order chi connectivity index (χ0) is 14.8. The zero-order valence-corrected chi connectivity index (χ0v) is 12.1. The number of hydrogen-bond donors (Lipinski definition) is 1. The number of benzene rings is 1. The van der Waals surface area contributed by atoms with Crippen LogP contribution in [0.25, 0.3) is 6.08 Å². The van der Waals surface area contributed by atoms with Gasteiger partial charge in [-0.2, -0.15) is 0 Å². The molecule has 1 atom stereocenters. The van der Waals surface area contributed by atoms with Gasteiger partial charge in [-0.15, -0.1) is 0 Å². The number of rotatable bonds is 7. The molecule has 1 N–H and O–H groups in total. The first kappa shape index (κ1) is 16.2. The lowest BCUT2D eigenvalue weighted by atomic mass is 10.1. The highest BCUT2D eigenvalue weighted by atomic mass is 16.5. The fourth-order valence-electron chi connectivity index (χ4n) is 1.57. The van der Waals surface area contributed by atoms with Crippen LogP contribution in [0, 0.1) is 0 Å². The van der Waals surface area contributed by atoms with Crippen LogP contribution < -0.4 is 0 Å². The molecule has 20 heavy (non-hydrogen) atoms. The summed E-state index contributed by atoms with van der Waals surface area (Å²) in [6.45, 7) is 3.86. The Morgan fingerprint density at radius 2 is 2.05 bits per heavy atom. The van der Waals surface area contributed by atoms with E-state index in [0.717, 1.165) is 5.56 Å². The Morgan fingerprint density at radius 3 is 2.70 bits per heavy atom. The van der Waals surface area contributed by atoms with Crippen LogP contribution in [0.1, 0.15) is 32.3 Å². The summed E-state index contributed by atoms with van der Waals surface area (Å²) >= 11 is 0. The summed E-state index contributed by atoms with van der Waals surface area (Å²) < 4.78 is 5.07. The summed E-state index contributed by atoms with van der Waals surface area (Å²) in [6.07, 6.45) is 6.07. The lowest BCUT2D eigenvalue weighted by Crippen LogP contribution is -2.09. The van der Waals surface area contributed by atoms with E-state index < -0.39 is 6.10 Å². The Morgan fingerprint density at radius 1 is 1.35 bits per heavy atom. The first-order valence-electron chi connectivity index (χ1n) is 6.85. The maximum absolute atomic E-state index is 11.4. The summed E-state index contributed by atoms with van der Waals surface area (Å²) in [6, 6.07) is 9.81. The first-order valence-corrected chi connectivity index (χ1v) is 6.85. The van der Waals surface area contributed by atoms with E-state index in [1.165, 1.54) is 0 Å². The van der Waals surface area contributed by atoms with Gasteiger partial charge in [0.15, 0.2) is 0 Å². The van der Waals surface area contributed by atoms with Crippen LogP contribution in [0.4, 0.5) is 0 Å². The lowest BCUT2D eigenvalue weighted by molar-refractivity contribution is -0.139. The second-order valence-corrected chi connectivity index (χ2v) is 4.59. The van der Waals surface area contributed by atoms with Crippen molar-refractivity contribution in [2.45, 2.75) is 32.8 Å². The van der Waals surface area contributed by atoms with Gasteiger partial charge in [0.1, 0.15) is 0 Å². The third-order valence-corrected chi connectivity index (χ3v) is 2.94. The third-order valence-electron chi connectivity index (χ3n) is 2.94. The van der Waals surface area contributed by atoms with Crippen molar-refractivity contribution in [3.63, 3.8) is 0 Å². The largest absolute Gasteiger partial charge is 0.462 e. The Kier molecular flexibility index (Phi) is 7.36. The number of aliphatic hydroxyl groups is 1. The van der Waals surface area contributed by atoms with Crippen molar-refractivity contribution in [3.05, 3.63) is 53.6 Å². The van der Waals surface area contributed by atoms with Gasteiger partial charge in [-0.1, -0.05) is 48.6 Å². The van der Waals surface area contributed by atoms with Crippen molar-refractivity contribution in [1.29, 1.82) is 0 Å². The fourth-order valence-corrected chi connectivity index (χ4v) is 1.57. The van der Waals surface area contributed by atoms with Crippen LogP contribution in [0.15, 0.2) is 48.1 Å². The molecule has 1 aromatic carbocycles. The second kappa shape index (κ2) is 9.10. The fraction of sp³-hybridized carbons (Fsp3) is 0.353. The van der Waals surface area contributed by atoms with Crippen molar-refractivity contribution >= 4 is 12.0 Å². The minimum Gasteiger partial charge on any atom is -0.462 e. The Balaban J connectivity index is 2.22. The van der Waals surface area contributed by atoms with E-state index in [4.69, 9.17) is 4.74 Å². The number of esters is 1. The molecule has 3 heteroatoms. The van der Waals surface area contributed by atoms with Gasteiger partial charge in [0.2, 0.25) is 0 Å². The van der Waals surface area contributed by atoms with E-state index >= 15 is 0 Å². The normalized spacial score (nSPS) is 13.4. The molecule has 0 bridgehead atoms. The number of carbonyl (C=O) groups excluding carboxylic acids is 1. The summed E-state index contributed by atoms with van der Waals surface area (Å²) in [4.78, 5) is 11.4. The average Bonchev–Trinajstić information content (AvgIpc) is 2.49. The number of aliphatic hydroxyl groups excluding tert-OH is 1. The molecule has 3 nitrogen and oxygen atoms in total. The van der Waals surface area contributed by atoms with Gasteiger partial charge in [0.25, 0.3) is 0 Å². The molecule has 0 amide bonds. The van der Waals surface area contributed by atoms with E-state index in [1.807, 2.05) is 36.4 Å². The Bertz CT molecular complexity index is 460. The highest BCUT2D eigenvalue weighted by Crippen LogP contribution is 2.06. The summed E-state index contributed by atoms with van der Waals surface area (Å²) in [5, 5.41) is 9.79. The van der Waals surface area contributed by atoms with Crippen LogP contribution >= 0.6 is 0 Å². The highest BCUT2D eigenvalue weighted by molar-refractivity contribution is 5.87. The van der Waals surface area contributed by atoms with Crippen molar-refractivity contribution < 1.29 is 14.6 Å². The van der Waals surface area contributed by atoms with E-state index in [9.17, 15) is 9.90 Å². The predicted molar refractivity (Wildman–Crippen MR) is 81.1 cm³/mol. The van der Waals surface area contributed by atoms with Crippen molar-refractivity contribution in [1.82, 2.24) is 0 Å². The van der Waals surface area contributed by atoms with Gasteiger partial charge in [-0.3, -0.25) is 0 Å². The average molecular weight is 274 g/mol. The van der Waals surface area contributed by atoms with Gasteiger partial charge in [0.05, 0.1) is 12.7 Å². The van der Waals surface area contributed by atoms with Gasteiger partial charge >= 0.3 is 5.97 Å². The smallest absolute Gasteiger partial charge is 0.333 e. The van der Waals surface area contributed by atoms with Crippen molar-refractivity contribution in [2.75, 3.05) is 6.61 Å². The minimum absolute atomic E-state index is 0.290. The first-order chi connectivity index (χ1) is 9.63. The molecule has 0 saturated heterocycles. The summed E-state index contributed by atoms with van der Waals surface area (Å²) in [5.74, 6) is -0.290. The SMILES string of the molecule is CC=C(C)C(=O)OCCCC(O)C=Cc1ccccc1. The van der Waals surface area contributed by atoms with E-state index in [2.05, 4.69) is 0 Å². The quantitative estimate of drug-likeness (QED) is 0.471. The molecule has 0 aliphatic rings. The monoisotopic (exact) mass is 274 g/mol. The Labute approximate surface area is 120 Å². The maximum Gasteiger partial charge on any atom is 0.333 e. The van der Waals surface area contributed by atoms with Gasteiger partial charge in [-0.05, 0) is 32.3 Å². The van der Waals surface area contributed by atoms with E-state index in [1.54, 1.807) is 26.0 Å². The minimum atomic E-state index is -0.517. The van der Waals surface area contributed by atoms with Crippen molar-refractivity contribution in [2.24, 2.45) is 0 Å². The van der Waals surface area contributed by atoms with Crippen molar-refractivity contribution in [3.8, 4) is 0 Å². The van der Waals surface area contributed by atoms with Gasteiger partial charge in [-0.25, -0.2) is 4.79 Å². The third kappa shape index (κ3) is 6.34. The molecular weight excluding hydrogens is 252 g/mol. The molecule has 0 saturated carbocycles. The molecule has 1 rings (SSSR count). The van der Waals surface area contributed by atoms with Gasteiger partial charge in [0, 0.05) is 5.57 Å². The van der Waals surface area contributed by atoms with E-state index in [-0.39, 0.29) is 5.97 Å². The number of carbonyl (C=O) groups is 1. The van der Waals surface area contributed by atoms with Gasteiger partial charge < -0.3 is 9.84 Å². The molecule has 0 aliphatic heterocycles. The van der Waals surface area contributed by atoms with Crippen LogP contribution in [-0.2, 0) is 9.53 Å². The second-order valence-electron chi connectivity index (χ2n) is 4.59. The number of ether oxygens (including phenoxy) is 1. The van der Waals surface area contributed by atoms with E-state index in [0.29, 0.717) is 25.0 Å². The molecule has 0 aromatic heterocycles. The standard InChI is InChI=1S/C17H22O3/c1-3-14(2)17(19)20-13-7-10-16(18)12-11-15-8-5-4-6-9-15/h3-6,8-9,11-12,16,18H,7,10,13H2,1-2H3. The topological polar surface area (TPSA) is 46.5 Å². The summed E-state index contributed by atoms with van der Waals surface area (Å²) in [5.41, 5.74) is 1.66. The molecule has 0 aliphatic carbocycles. The Hall–Kier alpha value is -1.87. The predicted octanol–water partition coefficient (Wildman–Crippen LogP) is 3.35. The maximum atomic E-state index is 11.4. The molecule has 0 spiro atoms. The molecular formula is C17H22O3. The molecule has 0 heterocycles. The molecule has 0 radical (unpaired) electrons. The number of allylic oxidation sites excluding steroid dienone is 1.